The normalized spacial score (nSPS) is 14.2. The van der Waals surface area contributed by atoms with E-state index in [2.05, 4.69) is 60.6 Å². The lowest BCUT2D eigenvalue weighted by atomic mass is 10.0. The van der Waals surface area contributed by atoms with Crippen molar-refractivity contribution in [2.75, 3.05) is 55.1 Å². The van der Waals surface area contributed by atoms with Gasteiger partial charge in [0.25, 0.3) is 0 Å². The van der Waals surface area contributed by atoms with E-state index < -0.39 is 6.04 Å². The number of para-hydroxylation sites is 2. The first-order valence-electron chi connectivity index (χ1n) is 17.0. The van der Waals surface area contributed by atoms with Gasteiger partial charge in [0.1, 0.15) is 11.8 Å². The summed E-state index contributed by atoms with van der Waals surface area (Å²) in [6, 6.07) is 21.1. The fourth-order valence-corrected chi connectivity index (χ4v) is 6.30. The predicted octanol–water partition coefficient (Wildman–Crippen LogP) is 5.30. The molecule has 13 nitrogen and oxygen atoms in total. The molecule has 3 aromatic carbocycles. The number of nitrogens with one attached hydrogen (secondary N) is 4. The minimum Gasteiger partial charge on any atom is -0.494 e. The summed E-state index contributed by atoms with van der Waals surface area (Å²) < 4.78 is 7.89. The lowest BCUT2D eigenvalue weighted by Gasteiger charge is -2.28. The summed E-state index contributed by atoms with van der Waals surface area (Å²) in [5.74, 6) is 0.0166. The van der Waals surface area contributed by atoms with Crippen LogP contribution < -0.4 is 30.9 Å². The van der Waals surface area contributed by atoms with E-state index in [0.29, 0.717) is 55.5 Å². The minimum absolute atomic E-state index is 0.243. The van der Waals surface area contributed by atoms with Crippen LogP contribution in [0, 0.1) is 0 Å². The number of anilines is 5. The number of carbonyl (C=O) groups excluding carboxylic acids is 3. The third kappa shape index (κ3) is 8.05. The van der Waals surface area contributed by atoms with E-state index in [1.54, 1.807) is 19.4 Å². The number of hydrogen-bond acceptors (Lipinski definition) is 10. The lowest BCUT2D eigenvalue weighted by molar-refractivity contribution is -0.133. The van der Waals surface area contributed by atoms with Crippen LogP contribution in [0.25, 0.3) is 22.2 Å². The number of ether oxygens (including phenoxy) is 1. The van der Waals surface area contributed by atoms with E-state index in [9.17, 15) is 14.4 Å². The number of piperidine rings is 1. The van der Waals surface area contributed by atoms with Crippen molar-refractivity contribution in [1.29, 1.82) is 0 Å². The van der Waals surface area contributed by atoms with Crippen LogP contribution in [-0.2, 0) is 28.0 Å². The Morgan fingerprint density at radius 3 is 2.63 bits per heavy atom. The van der Waals surface area contributed by atoms with Gasteiger partial charge in [0.2, 0.25) is 23.7 Å². The van der Waals surface area contributed by atoms with Gasteiger partial charge in [0.15, 0.2) is 0 Å². The maximum absolute atomic E-state index is 12.6. The molecule has 2 aromatic heterocycles. The van der Waals surface area contributed by atoms with Gasteiger partial charge in [0, 0.05) is 80.8 Å². The second-order valence-corrected chi connectivity index (χ2v) is 12.8. The molecule has 268 valence electrons. The average Bonchev–Trinajstić information content (AvgIpc) is 3.48. The molecule has 0 spiro atoms. The fraction of sp³-hybridized carbons (Fsp3) is 0.256. The van der Waals surface area contributed by atoms with Crippen LogP contribution in [-0.4, -0.2) is 77.5 Å². The second kappa shape index (κ2) is 15.8. The number of hydrogen-bond donors (Lipinski definition) is 4. The first-order chi connectivity index (χ1) is 25.1. The van der Waals surface area contributed by atoms with Gasteiger partial charge >= 0.3 is 0 Å². The number of aryl methyl sites for hydroxylation is 1. The number of fused-ring (bicyclic) bond motifs is 1. The van der Waals surface area contributed by atoms with Crippen LogP contribution in [0.1, 0.15) is 18.4 Å². The predicted molar refractivity (Wildman–Crippen MR) is 205 cm³/mol. The number of benzene rings is 3. The van der Waals surface area contributed by atoms with Crippen molar-refractivity contribution in [3.05, 3.63) is 97.3 Å². The Hall–Kier alpha value is -6.21. The molecule has 4 N–H and O–H groups in total. The Labute approximate surface area is 302 Å². The van der Waals surface area contributed by atoms with Crippen LogP contribution in [0.2, 0.25) is 0 Å². The molecular formula is C39H43N9O4. The summed E-state index contributed by atoms with van der Waals surface area (Å²) in [4.78, 5) is 50.1. The van der Waals surface area contributed by atoms with Crippen molar-refractivity contribution < 1.29 is 19.1 Å². The summed E-state index contributed by atoms with van der Waals surface area (Å²) in [6.45, 7) is 5.54. The number of likely N-dealkylation sites (N-methyl/N-ethyl adjacent to an activating group) is 2. The smallest absolute Gasteiger partial charge is 0.249 e. The molecule has 3 heterocycles. The molecule has 1 fully saturated rings. The summed E-state index contributed by atoms with van der Waals surface area (Å²) in [5, 5.41) is 13.1. The molecule has 13 heteroatoms. The van der Waals surface area contributed by atoms with Crippen molar-refractivity contribution in [3.8, 4) is 17.0 Å². The number of methoxy groups -OCH3 is 1. The molecule has 1 unspecified atom stereocenters. The van der Waals surface area contributed by atoms with Crippen molar-refractivity contribution >= 4 is 57.3 Å². The Bertz CT molecular complexity index is 2130. The van der Waals surface area contributed by atoms with Gasteiger partial charge in [-0.3, -0.25) is 19.7 Å². The Balaban J connectivity index is 1.18. The highest BCUT2D eigenvalue weighted by atomic mass is 16.5. The Morgan fingerprint density at radius 2 is 1.85 bits per heavy atom. The van der Waals surface area contributed by atoms with Crippen LogP contribution in [0.4, 0.5) is 28.7 Å². The Kier molecular flexibility index (Phi) is 10.8. The standard InChI is InChI=1S/C39H43N9O4/c1-6-36(49)42-31-21-32(44-39-40-18-17-29(43-39)27-24-48(4)33-14-10-8-12-26(27)33)35(52-5)22-34(31)47(3)20-19-46(2)23-25-11-7-9-13-28(25)41-30-15-16-37(50)45-38(30)51/h6-14,17-18,21-22,24,30,41H,1,15-16,19-20,23H2,2-5H3,(H,42,49)(H,40,43,44)(H,45,50,51). The highest BCUT2D eigenvalue weighted by molar-refractivity contribution is 6.03. The molecule has 1 aliphatic rings. The highest BCUT2D eigenvalue weighted by Gasteiger charge is 2.27. The van der Waals surface area contributed by atoms with Crippen molar-refractivity contribution in [2.45, 2.75) is 25.4 Å². The van der Waals surface area contributed by atoms with Gasteiger partial charge in [-0.25, -0.2) is 9.97 Å². The van der Waals surface area contributed by atoms with E-state index >= 15 is 0 Å². The van der Waals surface area contributed by atoms with E-state index in [4.69, 9.17) is 9.72 Å². The van der Waals surface area contributed by atoms with Gasteiger partial charge in [-0.1, -0.05) is 43.0 Å². The molecule has 0 radical (unpaired) electrons. The molecule has 1 atom stereocenters. The largest absolute Gasteiger partial charge is 0.494 e. The molecule has 6 rings (SSSR count). The zero-order valence-electron chi connectivity index (χ0n) is 29.8. The molecule has 5 aromatic rings. The zero-order valence-corrected chi connectivity index (χ0v) is 29.8. The lowest BCUT2D eigenvalue weighted by Crippen LogP contribution is -2.47. The molecule has 0 bridgehead atoms. The summed E-state index contributed by atoms with van der Waals surface area (Å²) >= 11 is 0. The van der Waals surface area contributed by atoms with Gasteiger partial charge in [-0.15, -0.1) is 0 Å². The van der Waals surface area contributed by atoms with E-state index in [1.165, 1.54) is 6.08 Å². The molecule has 1 aliphatic heterocycles. The number of amides is 3. The highest BCUT2D eigenvalue weighted by Crippen LogP contribution is 2.38. The number of aromatic nitrogens is 3. The number of nitrogens with zero attached hydrogens (tertiary/aromatic N) is 5. The van der Waals surface area contributed by atoms with Crippen LogP contribution >= 0.6 is 0 Å². The van der Waals surface area contributed by atoms with Crippen LogP contribution in [0.3, 0.4) is 0 Å². The number of rotatable bonds is 14. The van der Waals surface area contributed by atoms with Gasteiger partial charge in [-0.05, 0) is 49.4 Å². The first kappa shape index (κ1) is 35.6. The van der Waals surface area contributed by atoms with E-state index in [1.807, 2.05) is 74.6 Å². The number of imide groups is 1. The van der Waals surface area contributed by atoms with Crippen LogP contribution in [0.5, 0.6) is 5.75 Å². The zero-order chi connectivity index (χ0) is 36.8. The SMILES string of the molecule is C=CC(=O)Nc1cc(Nc2nccc(-c3cn(C)c4ccccc34)n2)c(OC)cc1N(C)CCN(C)Cc1ccccc1NC1CCC(=O)NC1=O. The van der Waals surface area contributed by atoms with Crippen molar-refractivity contribution in [3.63, 3.8) is 0 Å². The minimum atomic E-state index is -0.466. The van der Waals surface area contributed by atoms with E-state index in [0.717, 1.165) is 39.1 Å². The van der Waals surface area contributed by atoms with Crippen molar-refractivity contribution in [1.82, 2.24) is 24.8 Å². The fourth-order valence-electron chi connectivity index (χ4n) is 6.30. The molecular weight excluding hydrogens is 658 g/mol. The second-order valence-electron chi connectivity index (χ2n) is 12.8. The van der Waals surface area contributed by atoms with Crippen molar-refractivity contribution in [2.24, 2.45) is 7.05 Å². The van der Waals surface area contributed by atoms with Gasteiger partial charge < -0.3 is 35.1 Å². The summed E-state index contributed by atoms with van der Waals surface area (Å²) in [6.07, 6.45) is 5.75. The maximum atomic E-state index is 12.6. The van der Waals surface area contributed by atoms with Gasteiger partial charge in [-0.2, -0.15) is 0 Å². The summed E-state index contributed by atoms with van der Waals surface area (Å²) in [7, 11) is 7.58. The molecule has 1 saturated heterocycles. The Morgan fingerprint density at radius 1 is 1.06 bits per heavy atom. The monoisotopic (exact) mass is 701 g/mol. The maximum Gasteiger partial charge on any atom is 0.249 e. The number of carbonyl (C=O) groups is 3. The van der Waals surface area contributed by atoms with Crippen LogP contribution in [0.15, 0.2) is 91.8 Å². The first-order valence-corrected chi connectivity index (χ1v) is 17.0. The average molecular weight is 702 g/mol. The molecule has 0 saturated carbocycles. The summed E-state index contributed by atoms with van der Waals surface area (Å²) in [5.41, 5.74) is 6.62. The molecule has 52 heavy (non-hydrogen) atoms. The topological polar surface area (TPSA) is 146 Å². The third-order valence-electron chi connectivity index (χ3n) is 9.09. The van der Waals surface area contributed by atoms with Gasteiger partial charge in [0.05, 0.1) is 29.9 Å². The molecule has 0 aliphatic carbocycles. The molecule has 3 amide bonds. The third-order valence-corrected chi connectivity index (χ3v) is 9.09. The quantitative estimate of drug-likeness (QED) is 0.0890. The van der Waals surface area contributed by atoms with E-state index in [-0.39, 0.29) is 17.7 Å².